The number of benzene rings is 1. The molecule has 148 valence electrons. The highest BCUT2D eigenvalue weighted by molar-refractivity contribution is 5.88. The number of carbonyl (C=O) groups excluding carboxylic acids is 1. The normalized spacial score (nSPS) is 15.3. The van der Waals surface area contributed by atoms with Crippen molar-refractivity contribution in [2.45, 2.75) is 45.4 Å². The first-order valence-electron chi connectivity index (χ1n) is 9.59. The molecule has 0 fully saturated rings. The van der Waals surface area contributed by atoms with E-state index in [4.69, 9.17) is 4.74 Å². The number of fused-ring (bicyclic) bond motifs is 3. The van der Waals surface area contributed by atoms with Crippen molar-refractivity contribution in [1.82, 2.24) is 14.9 Å². The standard InChI is InChI=1S/C22H22N4O3/c1-13(2)29-22(28)25-16-8-18-17-7-14(10-23)3-4-19(17)26(20(18)9-16)12-15-5-6-24-11-21(15)27/h3-7,11,13,16,27H,8-9,12H2,1-2H3,(H,25,28)/t16-/m0/s1. The third-order valence-corrected chi connectivity index (χ3v) is 5.19. The lowest BCUT2D eigenvalue weighted by molar-refractivity contribution is 0.112. The van der Waals surface area contributed by atoms with Crippen molar-refractivity contribution in [3.63, 3.8) is 0 Å². The molecule has 29 heavy (non-hydrogen) atoms. The lowest BCUT2D eigenvalue weighted by atomic mass is 10.1. The molecule has 1 aliphatic rings. The van der Waals surface area contributed by atoms with E-state index in [0.717, 1.165) is 27.7 Å². The van der Waals surface area contributed by atoms with Gasteiger partial charge in [0.2, 0.25) is 0 Å². The molecule has 1 amide bonds. The second-order valence-corrected chi connectivity index (χ2v) is 7.56. The molecule has 0 unspecified atom stereocenters. The maximum atomic E-state index is 12.0. The maximum Gasteiger partial charge on any atom is 0.407 e. The summed E-state index contributed by atoms with van der Waals surface area (Å²) in [6.45, 7) is 4.11. The minimum atomic E-state index is -0.421. The molecule has 1 aliphatic carbocycles. The lowest BCUT2D eigenvalue weighted by Crippen LogP contribution is -2.37. The number of aromatic hydroxyl groups is 1. The Hall–Kier alpha value is -3.53. The van der Waals surface area contributed by atoms with Gasteiger partial charge in [0.25, 0.3) is 0 Å². The van der Waals surface area contributed by atoms with Crippen molar-refractivity contribution in [1.29, 1.82) is 5.26 Å². The molecule has 1 aromatic carbocycles. The van der Waals surface area contributed by atoms with Crippen molar-refractivity contribution >= 4 is 17.0 Å². The number of alkyl carbamates (subject to hydrolysis) is 1. The highest BCUT2D eigenvalue weighted by atomic mass is 16.6. The van der Waals surface area contributed by atoms with E-state index in [0.29, 0.717) is 24.9 Å². The number of amides is 1. The van der Waals surface area contributed by atoms with Crippen LogP contribution in [0.1, 0.15) is 36.2 Å². The van der Waals surface area contributed by atoms with E-state index in [2.05, 4.69) is 20.9 Å². The van der Waals surface area contributed by atoms with Gasteiger partial charge in [-0.1, -0.05) is 0 Å². The smallest absolute Gasteiger partial charge is 0.407 e. The number of carbonyl (C=O) groups is 1. The lowest BCUT2D eigenvalue weighted by Gasteiger charge is -2.16. The van der Waals surface area contributed by atoms with Crippen molar-refractivity contribution in [3.8, 4) is 11.8 Å². The Morgan fingerprint density at radius 1 is 1.41 bits per heavy atom. The molecular weight excluding hydrogens is 368 g/mol. The van der Waals surface area contributed by atoms with Crippen LogP contribution in [0.4, 0.5) is 4.79 Å². The van der Waals surface area contributed by atoms with Crippen molar-refractivity contribution in [3.05, 3.63) is 59.0 Å². The van der Waals surface area contributed by atoms with E-state index in [1.807, 2.05) is 26.0 Å². The molecule has 7 nitrogen and oxygen atoms in total. The number of nitrogens with zero attached hydrogens (tertiary/aromatic N) is 3. The van der Waals surface area contributed by atoms with Gasteiger partial charge in [-0.25, -0.2) is 4.79 Å². The number of hydrogen-bond acceptors (Lipinski definition) is 5. The fraction of sp³-hybridized carbons (Fsp3) is 0.318. The highest BCUT2D eigenvalue weighted by Crippen LogP contribution is 2.35. The zero-order valence-electron chi connectivity index (χ0n) is 16.3. The summed E-state index contributed by atoms with van der Waals surface area (Å²) in [5.74, 6) is 0.143. The predicted molar refractivity (Wildman–Crippen MR) is 108 cm³/mol. The number of nitrogens with one attached hydrogen (secondary N) is 1. The summed E-state index contributed by atoms with van der Waals surface area (Å²) in [5.41, 5.74) is 4.59. The number of pyridine rings is 1. The third kappa shape index (κ3) is 3.61. The van der Waals surface area contributed by atoms with Crippen molar-refractivity contribution in [2.75, 3.05) is 0 Å². The summed E-state index contributed by atoms with van der Waals surface area (Å²) in [7, 11) is 0. The first-order chi connectivity index (χ1) is 14.0. The maximum absolute atomic E-state index is 12.0. The largest absolute Gasteiger partial charge is 0.506 e. The van der Waals surface area contributed by atoms with Gasteiger partial charge in [-0.2, -0.15) is 5.26 Å². The van der Waals surface area contributed by atoms with E-state index in [9.17, 15) is 15.2 Å². The molecule has 0 bridgehead atoms. The molecule has 2 aromatic heterocycles. The Morgan fingerprint density at radius 3 is 2.97 bits per heavy atom. The Bertz CT molecular complexity index is 1130. The van der Waals surface area contributed by atoms with Crippen LogP contribution in [0.5, 0.6) is 5.75 Å². The van der Waals surface area contributed by atoms with E-state index < -0.39 is 6.09 Å². The van der Waals surface area contributed by atoms with Crippen LogP contribution in [0.15, 0.2) is 36.7 Å². The number of ether oxygens (including phenoxy) is 1. The number of nitriles is 1. The zero-order chi connectivity index (χ0) is 20.5. The summed E-state index contributed by atoms with van der Waals surface area (Å²) in [5, 5.41) is 23.4. The SMILES string of the molecule is CC(C)OC(=O)N[C@H]1Cc2c(n(Cc3ccncc3O)c3ccc(C#N)cc23)C1. The van der Waals surface area contributed by atoms with Gasteiger partial charge in [-0.15, -0.1) is 0 Å². The molecule has 0 spiro atoms. The van der Waals surface area contributed by atoms with Gasteiger partial charge in [0.05, 0.1) is 30.5 Å². The van der Waals surface area contributed by atoms with E-state index in [-0.39, 0.29) is 17.9 Å². The first kappa shape index (κ1) is 18.8. The van der Waals surface area contributed by atoms with Crippen LogP contribution in [-0.4, -0.2) is 32.9 Å². The van der Waals surface area contributed by atoms with Crippen LogP contribution < -0.4 is 5.32 Å². The molecule has 0 radical (unpaired) electrons. The fourth-order valence-electron chi connectivity index (χ4n) is 3.98. The first-order valence-corrected chi connectivity index (χ1v) is 9.59. The minimum Gasteiger partial charge on any atom is -0.506 e. The van der Waals surface area contributed by atoms with Gasteiger partial charge in [-0.05, 0) is 50.1 Å². The van der Waals surface area contributed by atoms with Crippen LogP contribution >= 0.6 is 0 Å². The Morgan fingerprint density at radius 2 is 2.24 bits per heavy atom. The molecular formula is C22H22N4O3. The monoisotopic (exact) mass is 390 g/mol. The number of rotatable bonds is 4. The highest BCUT2D eigenvalue weighted by Gasteiger charge is 2.30. The van der Waals surface area contributed by atoms with E-state index in [1.54, 1.807) is 18.3 Å². The third-order valence-electron chi connectivity index (χ3n) is 5.19. The zero-order valence-corrected chi connectivity index (χ0v) is 16.3. The van der Waals surface area contributed by atoms with Gasteiger partial charge in [-0.3, -0.25) is 4.98 Å². The van der Waals surface area contributed by atoms with Crippen molar-refractivity contribution in [2.24, 2.45) is 0 Å². The van der Waals surface area contributed by atoms with Crippen LogP contribution in [0.2, 0.25) is 0 Å². The summed E-state index contributed by atoms with van der Waals surface area (Å²) >= 11 is 0. The van der Waals surface area contributed by atoms with E-state index in [1.165, 1.54) is 6.20 Å². The van der Waals surface area contributed by atoms with Gasteiger partial charge >= 0.3 is 6.09 Å². The van der Waals surface area contributed by atoms with Gasteiger partial charge < -0.3 is 19.7 Å². The average molecular weight is 390 g/mol. The van der Waals surface area contributed by atoms with Gasteiger partial charge in [0, 0.05) is 40.8 Å². The van der Waals surface area contributed by atoms with Crippen LogP contribution in [0.3, 0.4) is 0 Å². The molecule has 0 saturated carbocycles. The topological polar surface area (TPSA) is 100 Å². The molecule has 4 rings (SSSR count). The molecule has 0 saturated heterocycles. The predicted octanol–water partition coefficient (Wildman–Crippen LogP) is 3.26. The molecule has 3 aromatic rings. The molecule has 1 atom stereocenters. The Kier molecular flexibility index (Phi) is 4.85. The Balaban J connectivity index is 1.72. The van der Waals surface area contributed by atoms with Crippen molar-refractivity contribution < 1.29 is 14.6 Å². The Labute approximate surface area is 168 Å². The summed E-state index contributed by atoms with van der Waals surface area (Å²) < 4.78 is 7.36. The van der Waals surface area contributed by atoms with Crippen LogP contribution in [0.25, 0.3) is 10.9 Å². The van der Waals surface area contributed by atoms with Crippen LogP contribution in [-0.2, 0) is 24.1 Å². The van der Waals surface area contributed by atoms with Crippen LogP contribution in [0, 0.1) is 11.3 Å². The van der Waals surface area contributed by atoms with Gasteiger partial charge in [0.15, 0.2) is 0 Å². The van der Waals surface area contributed by atoms with Gasteiger partial charge in [0.1, 0.15) is 5.75 Å². The summed E-state index contributed by atoms with van der Waals surface area (Å²) in [6.07, 6.45) is 3.81. The number of hydrogen-bond donors (Lipinski definition) is 2. The second kappa shape index (κ2) is 7.47. The molecule has 7 heteroatoms. The minimum absolute atomic E-state index is 0.0707. The summed E-state index contributed by atoms with van der Waals surface area (Å²) in [6, 6.07) is 9.56. The second-order valence-electron chi connectivity index (χ2n) is 7.56. The number of aromatic nitrogens is 2. The molecule has 2 heterocycles. The quantitative estimate of drug-likeness (QED) is 0.712. The fourth-order valence-corrected chi connectivity index (χ4v) is 3.98. The molecule has 2 N–H and O–H groups in total. The molecule has 0 aliphatic heterocycles. The summed E-state index contributed by atoms with van der Waals surface area (Å²) in [4.78, 5) is 16.0. The average Bonchev–Trinajstić information content (AvgIpc) is 3.20. The van der Waals surface area contributed by atoms with E-state index >= 15 is 0 Å².